The van der Waals surface area contributed by atoms with Crippen molar-refractivity contribution in [1.82, 2.24) is 9.97 Å². The van der Waals surface area contributed by atoms with Crippen LogP contribution in [0, 0.1) is 0 Å². The maximum atomic E-state index is 12.2. The molecule has 3 aromatic rings. The van der Waals surface area contributed by atoms with Crippen LogP contribution in [0.25, 0.3) is 11.3 Å². The number of oxazole rings is 1. The molecule has 3 rings (SSSR count). The van der Waals surface area contributed by atoms with Crippen molar-refractivity contribution in [3.8, 4) is 11.3 Å². The molecule has 0 aliphatic heterocycles. The van der Waals surface area contributed by atoms with Gasteiger partial charge >= 0.3 is 0 Å². The Morgan fingerprint density at radius 1 is 1.19 bits per heavy atom. The molecule has 0 spiro atoms. The average molecular weight is 300 g/mol. The predicted molar refractivity (Wildman–Crippen MR) is 79.1 cm³/mol. The second-order valence-electron chi connectivity index (χ2n) is 4.26. The van der Waals surface area contributed by atoms with E-state index in [-0.39, 0.29) is 5.91 Å². The summed E-state index contributed by atoms with van der Waals surface area (Å²) in [4.78, 5) is 19.9. The number of carbonyl (C=O) groups is 1. The molecule has 0 saturated carbocycles. The Hall–Kier alpha value is -2.66. The molecule has 2 aromatic heterocycles. The highest BCUT2D eigenvalue weighted by atomic mass is 35.5. The van der Waals surface area contributed by atoms with E-state index in [1.165, 1.54) is 18.8 Å². The monoisotopic (exact) mass is 299 g/mol. The number of aromatic nitrogens is 2. The number of amides is 1. The Morgan fingerprint density at radius 2 is 2.10 bits per heavy atom. The van der Waals surface area contributed by atoms with Gasteiger partial charge in [0.25, 0.3) is 5.91 Å². The molecule has 0 radical (unpaired) electrons. The Balaban J connectivity index is 1.84. The third-order valence-corrected chi connectivity index (χ3v) is 3.16. The van der Waals surface area contributed by atoms with E-state index < -0.39 is 0 Å². The minimum Gasteiger partial charge on any atom is -0.444 e. The molecule has 0 aliphatic rings. The summed E-state index contributed by atoms with van der Waals surface area (Å²) in [7, 11) is 0. The minimum absolute atomic E-state index is 0.294. The molecule has 104 valence electrons. The Bertz CT molecular complexity index is 772. The van der Waals surface area contributed by atoms with Crippen LogP contribution in [0.2, 0.25) is 5.02 Å². The number of pyridine rings is 1. The fraction of sp³-hybridized carbons (Fsp3) is 0. The van der Waals surface area contributed by atoms with Crippen molar-refractivity contribution in [1.29, 1.82) is 0 Å². The fourth-order valence-electron chi connectivity index (χ4n) is 1.87. The zero-order chi connectivity index (χ0) is 14.7. The van der Waals surface area contributed by atoms with E-state index in [4.69, 9.17) is 16.0 Å². The number of hydrogen-bond donors (Lipinski definition) is 1. The summed E-state index contributed by atoms with van der Waals surface area (Å²) in [5, 5.41) is 3.09. The third-order valence-electron chi connectivity index (χ3n) is 2.85. The summed E-state index contributed by atoms with van der Waals surface area (Å²) >= 11 is 5.95. The van der Waals surface area contributed by atoms with Crippen LogP contribution < -0.4 is 5.32 Å². The SMILES string of the molecule is O=C(Nc1cccc(-c2cnco2)c1)c1ccncc1Cl. The van der Waals surface area contributed by atoms with Gasteiger partial charge in [-0.3, -0.25) is 9.78 Å². The van der Waals surface area contributed by atoms with Crippen molar-refractivity contribution in [2.24, 2.45) is 0 Å². The number of hydrogen-bond acceptors (Lipinski definition) is 4. The Labute approximate surface area is 125 Å². The van der Waals surface area contributed by atoms with E-state index in [2.05, 4.69) is 15.3 Å². The van der Waals surface area contributed by atoms with E-state index in [1.54, 1.807) is 24.4 Å². The van der Waals surface area contributed by atoms with Crippen molar-refractivity contribution in [3.63, 3.8) is 0 Å². The maximum Gasteiger partial charge on any atom is 0.257 e. The molecule has 0 fully saturated rings. The number of benzene rings is 1. The van der Waals surface area contributed by atoms with Gasteiger partial charge in [-0.05, 0) is 18.2 Å². The average Bonchev–Trinajstić information content (AvgIpc) is 3.02. The van der Waals surface area contributed by atoms with Gasteiger partial charge in [-0.25, -0.2) is 4.98 Å². The topological polar surface area (TPSA) is 68.0 Å². The van der Waals surface area contributed by atoms with E-state index in [9.17, 15) is 4.79 Å². The summed E-state index contributed by atoms with van der Waals surface area (Å²) in [5.41, 5.74) is 1.84. The van der Waals surface area contributed by atoms with Gasteiger partial charge in [-0.15, -0.1) is 0 Å². The van der Waals surface area contributed by atoms with Gasteiger partial charge in [0, 0.05) is 23.6 Å². The fourth-order valence-corrected chi connectivity index (χ4v) is 2.07. The minimum atomic E-state index is -0.294. The van der Waals surface area contributed by atoms with Gasteiger partial charge < -0.3 is 9.73 Å². The molecule has 0 saturated heterocycles. The van der Waals surface area contributed by atoms with Crippen molar-refractivity contribution >= 4 is 23.2 Å². The number of halogens is 1. The zero-order valence-electron chi connectivity index (χ0n) is 10.8. The second-order valence-corrected chi connectivity index (χ2v) is 4.66. The molecular weight excluding hydrogens is 290 g/mol. The smallest absolute Gasteiger partial charge is 0.257 e. The molecule has 0 unspecified atom stereocenters. The van der Waals surface area contributed by atoms with Gasteiger partial charge in [0.1, 0.15) is 0 Å². The molecule has 5 nitrogen and oxygen atoms in total. The summed E-state index contributed by atoms with van der Waals surface area (Å²) in [6.07, 6.45) is 5.92. The lowest BCUT2D eigenvalue weighted by atomic mass is 10.1. The molecule has 0 bridgehead atoms. The molecule has 1 aromatic carbocycles. The highest BCUT2D eigenvalue weighted by Crippen LogP contribution is 2.23. The standard InChI is InChI=1S/C15H10ClN3O2/c16-13-7-17-5-4-12(13)15(20)19-11-3-1-2-10(6-11)14-8-18-9-21-14/h1-9H,(H,19,20). The van der Waals surface area contributed by atoms with Gasteiger partial charge in [-0.1, -0.05) is 23.7 Å². The summed E-state index contributed by atoms with van der Waals surface area (Å²) < 4.78 is 5.23. The summed E-state index contributed by atoms with van der Waals surface area (Å²) in [6.45, 7) is 0. The number of nitrogens with one attached hydrogen (secondary N) is 1. The maximum absolute atomic E-state index is 12.2. The van der Waals surface area contributed by atoms with Gasteiger partial charge in [0.2, 0.25) is 0 Å². The van der Waals surface area contributed by atoms with Gasteiger partial charge in [0.05, 0.1) is 16.8 Å². The van der Waals surface area contributed by atoms with Crippen LogP contribution in [0.5, 0.6) is 0 Å². The van der Waals surface area contributed by atoms with Crippen molar-refractivity contribution in [3.05, 3.63) is 65.9 Å². The second kappa shape index (κ2) is 5.76. The van der Waals surface area contributed by atoms with Crippen LogP contribution in [0.1, 0.15) is 10.4 Å². The molecular formula is C15H10ClN3O2. The van der Waals surface area contributed by atoms with Crippen LogP contribution in [0.4, 0.5) is 5.69 Å². The third kappa shape index (κ3) is 2.93. The first-order valence-electron chi connectivity index (χ1n) is 6.14. The van der Waals surface area contributed by atoms with Crippen LogP contribution in [-0.4, -0.2) is 15.9 Å². The lowest BCUT2D eigenvalue weighted by Gasteiger charge is -2.07. The highest BCUT2D eigenvalue weighted by molar-refractivity contribution is 6.34. The first kappa shape index (κ1) is 13.3. The largest absolute Gasteiger partial charge is 0.444 e. The van der Waals surface area contributed by atoms with Crippen molar-refractivity contribution < 1.29 is 9.21 Å². The van der Waals surface area contributed by atoms with Crippen molar-refractivity contribution in [2.75, 3.05) is 5.32 Å². The summed E-state index contributed by atoms with van der Waals surface area (Å²) in [5.74, 6) is 0.338. The van der Waals surface area contributed by atoms with E-state index in [0.717, 1.165) is 5.56 Å². The molecule has 0 aliphatic carbocycles. The van der Waals surface area contributed by atoms with Crippen LogP contribution in [0.3, 0.4) is 0 Å². The quantitative estimate of drug-likeness (QED) is 0.801. The van der Waals surface area contributed by atoms with Crippen LogP contribution in [0.15, 0.2) is 59.7 Å². The zero-order valence-corrected chi connectivity index (χ0v) is 11.5. The number of anilines is 1. The molecule has 21 heavy (non-hydrogen) atoms. The van der Waals surface area contributed by atoms with Gasteiger partial charge in [0.15, 0.2) is 12.2 Å². The van der Waals surface area contributed by atoms with E-state index in [1.807, 2.05) is 12.1 Å². The normalized spacial score (nSPS) is 10.3. The first-order chi connectivity index (χ1) is 10.2. The first-order valence-corrected chi connectivity index (χ1v) is 6.51. The van der Waals surface area contributed by atoms with E-state index >= 15 is 0 Å². The highest BCUT2D eigenvalue weighted by Gasteiger charge is 2.11. The van der Waals surface area contributed by atoms with Crippen molar-refractivity contribution in [2.45, 2.75) is 0 Å². The van der Waals surface area contributed by atoms with Crippen LogP contribution in [-0.2, 0) is 0 Å². The molecule has 2 heterocycles. The van der Waals surface area contributed by atoms with Gasteiger partial charge in [-0.2, -0.15) is 0 Å². The van der Waals surface area contributed by atoms with Crippen LogP contribution >= 0.6 is 11.6 Å². The molecule has 0 atom stereocenters. The summed E-state index contributed by atoms with van der Waals surface area (Å²) in [6, 6.07) is 8.84. The molecule has 6 heteroatoms. The predicted octanol–water partition coefficient (Wildman–Crippen LogP) is 3.64. The Kier molecular flexibility index (Phi) is 3.66. The molecule has 1 N–H and O–H groups in total. The lowest BCUT2D eigenvalue weighted by molar-refractivity contribution is 0.102. The number of rotatable bonds is 3. The Morgan fingerprint density at radius 3 is 2.86 bits per heavy atom. The van der Waals surface area contributed by atoms with E-state index in [0.29, 0.717) is 22.0 Å². The lowest BCUT2D eigenvalue weighted by Crippen LogP contribution is -2.12. The molecule has 1 amide bonds. The number of nitrogens with zero attached hydrogens (tertiary/aromatic N) is 2. The number of carbonyl (C=O) groups excluding carboxylic acids is 1.